The van der Waals surface area contributed by atoms with E-state index >= 15 is 0 Å². The molecule has 124 valence electrons. The summed E-state index contributed by atoms with van der Waals surface area (Å²) in [6, 6.07) is 20.3. The van der Waals surface area contributed by atoms with Crippen molar-refractivity contribution < 1.29 is 4.42 Å². The van der Waals surface area contributed by atoms with E-state index in [0.29, 0.717) is 17.5 Å². The number of hydrogen-bond acceptors (Lipinski definition) is 6. The number of hydrogen-bond donors (Lipinski definition) is 0. The molecular weight excluding hydrogens is 350 g/mol. The third-order valence-corrected chi connectivity index (χ3v) is 5.35. The summed E-state index contributed by atoms with van der Waals surface area (Å²) >= 11 is 3.17. The van der Waals surface area contributed by atoms with Gasteiger partial charge in [-0.15, -0.1) is 21.5 Å². The maximum Gasteiger partial charge on any atom is 0.276 e. The van der Waals surface area contributed by atoms with E-state index < -0.39 is 0 Å². The number of aromatic nitrogens is 3. The summed E-state index contributed by atoms with van der Waals surface area (Å²) in [5.41, 5.74) is 3.33. The first-order chi connectivity index (χ1) is 12.4. The molecule has 0 spiro atoms. The van der Waals surface area contributed by atoms with Gasteiger partial charge in [0.1, 0.15) is 5.01 Å². The van der Waals surface area contributed by atoms with Crippen LogP contribution in [0.4, 0.5) is 0 Å². The zero-order valence-corrected chi connectivity index (χ0v) is 15.0. The Labute approximate surface area is 154 Å². The molecular formula is C19H15N3OS2. The van der Waals surface area contributed by atoms with E-state index in [1.54, 1.807) is 11.3 Å². The van der Waals surface area contributed by atoms with E-state index in [9.17, 15) is 0 Å². The number of thioether (sulfide) groups is 1. The first-order valence-corrected chi connectivity index (χ1v) is 9.72. The Hall–Kier alpha value is -2.44. The van der Waals surface area contributed by atoms with Gasteiger partial charge in [-0.05, 0) is 5.56 Å². The standard InChI is InChI=1S/C19H15N3OS2/c1-3-7-14(8-4-1)11-17-21-22-19(23-17)25-13-16-12-24-18(20-16)15-9-5-2-6-10-15/h1-10,12H,11,13H2. The van der Waals surface area contributed by atoms with Gasteiger partial charge in [0.15, 0.2) is 0 Å². The van der Waals surface area contributed by atoms with Crippen molar-refractivity contribution in [1.29, 1.82) is 0 Å². The summed E-state index contributed by atoms with van der Waals surface area (Å²) in [5, 5.41) is 11.9. The third-order valence-electron chi connectivity index (χ3n) is 3.56. The SMILES string of the molecule is c1ccc(Cc2nnc(SCc3csc(-c4ccccc4)n3)o2)cc1. The fourth-order valence-corrected chi connectivity index (χ4v) is 3.96. The summed E-state index contributed by atoms with van der Waals surface area (Å²) in [6.07, 6.45) is 0.656. The van der Waals surface area contributed by atoms with Crippen molar-refractivity contribution in [3.63, 3.8) is 0 Å². The highest BCUT2D eigenvalue weighted by atomic mass is 32.2. The van der Waals surface area contributed by atoms with Gasteiger partial charge in [0.05, 0.1) is 12.1 Å². The summed E-state index contributed by atoms with van der Waals surface area (Å²) in [7, 11) is 0. The van der Waals surface area contributed by atoms with E-state index in [2.05, 4.69) is 44.8 Å². The molecule has 0 radical (unpaired) electrons. The van der Waals surface area contributed by atoms with Crippen LogP contribution in [0, 0.1) is 0 Å². The van der Waals surface area contributed by atoms with Crippen molar-refractivity contribution in [2.75, 3.05) is 0 Å². The minimum absolute atomic E-state index is 0.584. The first-order valence-electron chi connectivity index (χ1n) is 7.86. The molecule has 4 nitrogen and oxygen atoms in total. The van der Waals surface area contributed by atoms with Crippen LogP contribution in [0.1, 0.15) is 17.1 Å². The molecule has 0 fully saturated rings. The fraction of sp³-hybridized carbons (Fsp3) is 0.105. The van der Waals surface area contributed by atoms with Gasteiger partial charge < -0.3 is 4.42 Å². The Morgan fingerprint density at radius 1 is 0.920 bits per heavy atom. The maximum atomic E-state index is 5.72. The van der Waals surface area contributed by atoms with Crippen molar-refractivity contribution in [1.82, 2.24) is 15.2 Å². The molecule has 0 aliphatic carbocycles. The highest BCUT2D eigenvalue weighted by Gasteiger charge is 2.10. The lowest BCUT2D eigenvalue weighted by Crippen LogP contribution is -1.87. The second-order valence-corrected chi connectivity index (χ2v) is 7.21. The largest absolute Gasteiger partial charge is 0.416 e. The Morgan fingerprint density at radius 2 is 1.68 bits per heavy atom. The highest BCUT2D eigenvalue weighted by molar-refractivity contribution is 7.98. The molecule has 2 heterocycles. The predicted octanol–water partition coefficient (Wildman–Crippen LogP) is 5.08. The second kappa shape index (κ2) is 7.63. The predicted molar refractivity (Wildman–Crippen MR) is 101 cm³/mol. The van der Waals surface area contributed by atoms with Crippen LogP contribution in [0.25, 0.3) is 10.6 Å². The average Bonchev–Trinajstić information content (AvgIpc) is 3.31. The van der Waals surface area contributed by atoms with Crippen LogP contribution in [-0.4, -0.2) is 15.2 Å². The molecule has 0 aliphatic heterocycles. The van der Waals surface area contributed by atoms with Crippen LogP contribution in [0.15, 0.2) is 75.7 Å². The second-order valence-electron chi connectivity index (χ2n) is 5.42. The van der Waals surface area contributed by atoms with Crippen LogP contribution < -0.4 is 0 Å². The monoisotopic (exact) mass is 365 g/mol. The number of thiazole rings is 1. The van der Waals surface area contributed by atoms with E-state index in [1.807, 2.05) is 36.4 Å². The summed E-state index contributed by atoms with van der Waals surface area (Å²) in [5.74, 6) is 1.35. The average molecular weight is 365 g/mol. The molecule has 0 saturated heterocycles. The smallest absolute Gasteiger partial charge is 0.276 e. The molecule has 2 aromatic heterocycles. The summed E-state index contributed by atoms with van der Waals surface area (Å²) in [6.45, 7) is 0. The first kappa shape index (κ1) is 16.1. The van der Waals surface area contributed by atoms with Gasteiger partial charge >= 0.3 is 0 Å². The fourth-order valence-electron chi connectivity index (χ4n) is 2.36. The Kier molecular flexibility index (Phi) is 4.90. The quantitative estimate of drug-likeness (QED) is 0.446. The number of benzene rings is 2. The van der Waals surface area contributed by atoms with Crippen molar-refractivity contribution >= 4 is 23.1 Å². The van der Waals surface area contributed by atoms with Crippen molar-refractivity contribution in [3.05, 3.63) is 83.2 Å². The lowest BCUT2D eigenvalue weighted by Gasteiger charge is -1.95. The van der Waals surface area contributed by atoms with Crippen LogP contribution in [0.3, 0.4) is 0 Å². The van der Waals surface area contributed by atoms with E-state index in [1.165, 1.54) is 11.8 Å². The van der Waals surface area contributed by atoms with Gasteiger partial charge in [0, 0.05) is 16.7 Å². The molecule has 2 aromatic carbocycles. The molecule has 0 unspecified atom stereocenters. The van der Waals surface area contributed by atoms with Crippen LogP contribution in [-0.2, 0) is 12.2 Å². The minimum atomic E-state index is 0.584. The lowest BCUT2D eigenvalue weighted by molar-refractivity contribution is 0.420. The summed E-state index contributed by atoms with van der Waals surface area (Å²) < 4.78 is 5.72. The minimum Gasteiger partial charge on any atom is -0.416 e. The van der Waals surface area contributed by atoms with Crippen molar-refractivity contribution in [2.24, 2.45) is 0 Å². The van der Waals surface area contributed by atoms with Crippen LogP contribution >= 0.6 is 23.1 Å². The topological polar surface area (TPSA) is 51.8 Å². The molecule has 0 atom stereocenters. The summed E-state index contributed by atoms with van der Waals surface area (Å²) in [4.78, 5) is 4.68. The van der Waals surface area contributed by atoms with Gasteiger partial charge in [-0.25, -0.2) is 4.98 Å². The molecule has 6 heteroatoms. The molecule has 0 bridgehead atoms. The van der Waals surface area contributed by atoms with Gasteiger partial charge in [-0.3, -0.25) is 0 Å². The number of rotatable bonds is 6. The Morgan fingerprint density at radius 3 is 2.48 bits per heavy atom. The highest BCUT2D eigenvalue weighted by Crippen LogP contribution is 2.27. The maximum absolute atomic E-state index is 5.72. The Balaban J connectivity index is 1.37. The zero-order valence-electron chi connectivity index (χ0n) is 13.3. The van der Waals surface area contributed by atoms with Crippen LogP contribution in [0.5, 0.6) is 0 Å². The van der Waals surface area contributed by atoms with Gasteiger partial charge in [-0.1, -0.05) is 72.4 Å². The normalized spacial score (nSPS) is 10.9. The van der Waals surface area contributed by atoms with Gasteiger partial charge in [-0.2, -0.15) is 0 Å². The Bertz CT molecular complexity index is 935. The molecule has 0 saturated carbocycles. The zero-order chi connectivity index (χ0) is 16.9. The van der Waals surface area contributed by atoms with Gasteiger partial charge in [0.25, 0.3) is 5.22 Å². The number of nitrogens with zero attached hydrogens (tertiary/aromatic N) is 3. The molecule has 0 amide bonds. The molecule has 0 N–H and O–H groups in total. The van der Waals surface area contributed by atoms with E-state index in [4.69, 9.17) is 4.42 Å². The van der Waals surface area contributed by atoms with E-state index in [-0.39, 0.29) is 0 Å². The molecule has 4 rings (SSSR count). The van der Waals surface area contributed by atoms with Crippen molar-refractivity contribution in [3.8, 4) is 10.6 Å². The van der Waals surface area contributed by atoms with Crippen molar-refractivity contribution in [2.45, 2.75) is 17.4 Å². The molecule has 25 heavy (non-hydrogen) atoms. The third kappa shape index (κ3) is 4.15. The lowest BCUT2D eigenvalue weighted by atomic mass is 10.2. The molecule has 0 aliphatic rings. The van der Waals surface area contributed by atoms with Gasteiger partial charge in [0.2, 0.25) is 5.89 Å². The van der Waals surface area contributed by atoms with E-state index in [0.717, 1.165) is 27.6 Å². The van der Waals surface area contributed by atoms with Crippen LogP contribution in [0.2, 0.25) is 0 Å². The molecule has 4 aromatic rings.